The zero-order valence-corrected chi connectivity index (χ0v) is 20.5. The summed E-state index contributed by atoms with van der Waals surface area (Å²) in [6, 6.07) is 19.0. The molecular weight excluding hydrogens is 496 g/mol. The summed E-state index contributed by atoms with van der Waals surface area (Å²) in [5.41, 5.74) is 7.82. The molecule has 0 atom stereocenters. The fraction of sp³-hybridized carbons (Fsp3) is 0.179. The number of aryl methyl sites for hydroxylation is 1. The van der Waals surface area contributed by atoms with Crippen LogP contribution in [0.25, 0.3) is 11.0 Å². The smallest absolute Gasteiger partial charge is 0.339 e. The first-order valence-electron chi connectivity index (χ1n) is 11.7. The maximum absolute atomic E-state index is 12.4. The Labute approximate surface area is 217 Å². The van der Waals surface area contributed by atoms with Gasteiger partial charge in [-0.2, -0.15) is 0 Å². The fourth-order valence-corrected chi connectivity index (χ4v) is 4.31. The molecule has 0 saturated carbocycles. The number of amides is 2. The highest BCUT2D eigenvalue weighted by atomic mass is 35.5. The third kappa shape index (κ3) is 5.76. The van der Waals surface area contributed by atoms with Crippen LogP contribution >= 0.6 is 11.6 Å². The topological polar surface area (TPSA) is 107 Å². The summed E-state index contributed by atoms with van der Waals surface area (Å²) in [6.07, 6.45) is 2.52. The minimum absolute atomic E-state index is 0.320. The van der Waals surface area contributed by atoms with Crippen LogP contribution in [0, 0.1) is 0 Å². The maximum Gasteiger partial charge on any atom is 0.339 e. The van der Waals surface area contributed by atoms with Crippen LogP contribution in [0.1, 0.15) is 33.5 Å². The largest absolute Gasteiger partial charge is 0.489 e. The number of rotatable bonds is 7. The minimum Gasteiger partial charge on any atom is -0.489 e. The number of halogens is 1. The van der Waals surface area contributed by atoms with Gasteiger partial charge in [0, 0.05) is 27.6 Å². The Morgan fingerprint density at radius 2 is 1.59 bits per heavy atom. The molecule has 9 heteroatoms. The molecule has 1 heterocycles. The van der Waals surface area contributed by atoms with E-state index < -0.39 is 11.8 Å². The van der Waals surface area contributed by atoms with Crippen molar-refractivity contribution in [1.82, 2.24) is 10.9 Å². The van der Waals surface area contributed by atoms with Gasteiger partial charge < -0.3 is 13.9 Å². The van der Waals surface area contributed by atoms with Gasteiger partial charge in [-0.3, -0.25) is 20.4 Å². The zero-order valence-electron chi connectivity index (χ0n) is 19.7. The zero-order chi connectivity index (χ0) is 25.8. The highest BCUT2D eigenvalue weighted by molar-refractivity contribution is 6.30. The predicted molar refractivity (Wildman–Crippen MR) is 138 cm³/mol. The monoisotopic (exact) mass is 518 g/mol. The first kappa shape index (κ1) is 24.4. The number of benzene rings is 3. The molecule has 1 aliphatic carbocycles. The number of hydrazine groups is 1. The summed E-state index contributed by atoms with van der Waals surface area (Å²) < 4.78 is 16.6. The third-order valence-corrected chi connectivity index (χ3v) is 6.32. The lowest BCUT2D eigenvalue weighted by molar-refractivity contribution is -0.123. The van der Waals surface area contributed by atoms with Gasteiger partial charge >= 0.3 is 5.63 Å². The van der Waals surface area contributed by atoms with Crippen LogP contribution in [0.3, 0.4) is 0 Å². The van der Waals surface area contributed by atoms with Crippen molar-refractivity contribution in [2.45, 2.75) is 25.9 Å². The summed E-state index contributed by atoms with van der Waals surface area (Å²) in [5.74, 6) is 0.0519. The summed E-state index contributed by atoms with van der Waals surface area (Å²) in [6.45, 7) is 0.000195. The predicted octanol–water partition coefficient (Wildman–Crippen LogP) is 4.35. The van der Waals surface area contributed by atoms with E-state index in [9.17, 15) is 14.4 Å². The van der Waals surface area contributed by atoms with Crippen LogP contribution in [-0.4, -0.2) is 18.4 Å². The van der Waals surface area contributed by atoms with Gasteiger partial charge in [-0.05, 0) is 78.9 Å². The van der Waals surface area contributed by atoms with Crippen molar-refractivity contribution >= 4 is 34.4 Å². The summed E-state index contributed by atoms with van der Waals surface area (Å²) in [7, 11) is 0. The van der Waals surface area contributed by atoms with Crippen LogP contribution in [-0.2, 0) is 24.2 Å². The van der Waals surface area contributed by atoms with Crippen molar-refractivity contribution in [2.24, 2.45) is 0 Å². The molecule has 8 nitrogen and oxygen atoms in total. The lowest BCUT2D eigenvalue weighted by atomic mass is 10.1. The molecule has 0 fully saturated rings. The Balaban J connectivity index is 1.10. The van der Waals surface area contributed by atoms with E-state index in [4.69, 9.17) is 25.5 Å². The first-order chi connectivity index (χ1) is 18.0. The standard InChI is InChI=1S/C28H23ClN2O6/c29-19-8-10-20(11-9-19)35-15-17-4-6-18(7-5-17)27(33)31-30-26(32)16-36-21-12-13-23-22-2-1-3-24(22)28(34)37-25(23)14-21/h4-14H,1-3,15-16H2,(H,30,32)(H,31,33). The van der Waals surface area contributed by atoms with E-state index in [2.05, 4.69) is 10.9 Å². The molecule has 0 bridgehead atoms. The summed E-state index contributed by atoms with van der Waals surface area (Å²) >= 11 is 5.87. The van der Waals surface area contributed by atoms with Crippen molar-refractivity contribution in [3.05, 3.63) is 104 Å². The fourth-order valence-electron chi connectivity index (χ4n) is 4.19. The second-order valence-corrected chi connectivity index (χ2v) is 9.03. The molecule has 2 amide bonds. The number of carbonyl (C=O) groups excluding carboxylic acids is 2. The molecule has 1 aliphatic rings. The van der Waals surface area contributed by atoms with Crippen LogP contribution < -0.4 is 26.0 Å². The van der Waals surface area contributed by atoms with Crippen molar-refractivity contribution in [3.8, 4) is 11.5 Å². The normalized spacial score (nSPS) is 12.1. The Bertz CT molecular complexity index is 1510. The van der Waals surface area contributed by atoms with Gasteiger partial charge in [-0.1, -0.05) is 23.7 Å². The molecule has 0 unspecified atom stereocenters. The van der Waals surface area contributed by atoms with Crippen molar-refractivity contribution in [1.29, 1.82) is 0 Å². The van der Waals surface area contributed by atoms with Gasteiger partial charge in [-0.15, -0.1) is 0 Å². The van der Waals surface area contributed by atoms with E-state index in [0.29, 0.717) is 34.3 Å². The quantitative estimate of drug-likeness (QED) is 0.278. The molecule has 0 aliphatic heterocycles. The molecule has 1 aromatic heterocycles. The number of hydrogen-bond donors (Lipinski definition) is 2. The molecule has 188 valence electrons. The Morgan fingerprint density at radius 1 is 0.865 bits per heavy atom. The molecular formula is C28H23ClN2O6. The van der Waals surface area contributed by atoms with E-state index >= 15 is 0 Å². The molecule has 3 aromatic carbocycles. The van der Waals surface area contributed by atoms with Gasteiger partial charge in [0.1, 0.15) is 23.7 Å². The average molecular weight is 519 g/mol. The van der Waals surface area contributed by atoms with Crippen LogP contribution in [0.15, 0.2) is 75.9 Å². The molecule has 5 rings (SSSR count). The second kappa shape index (κ2) is 10.8. The second-order valence-electron chi connectivity index (χ2n) is 8.59. The Hall–Kier alpha value is -4.30. The van der Waals surface area contributed by atoms with Crippen molar-refractivity contribution < 1.29 is 23.5 Å². The molecule has 37 heavy (non-hydrogen) atoms. The molecule has 0 radical (unpaired) electrons. The van der Waals surface area contributed by atoms with Crippen molar-refractivity contribution in [2.75, 3.05) is 6.61 Å². The Kier molecular flexibility index (Phi) is 7.09. The molecule has 4 aromatic rings. The number of fused-ring (bicyclic) bond motifs is 3. The van der Waals surface area contributed by atoms with E-state index in [-0.39, 0.29) is 12.2 Å². The maximum atomic E-state index is 12.4. The van der Waals surface area contributed by atoms with Crippen molar-refractivity contribution in [3.63, 3.8) is 0 Å². The third-order valence-electron chi connectivity index (χ3n) is 6.07. The van der Waals surface area contributed by atoms with Gasteiger partial charge in [0.05, 0.1) is 0 Å². The van der Waals surface area contributed by atoms with Gasteiger partial charge in [0.2, 0.25) is 0 Å². The van der Waals surface area contributed by atoms with Crippen LogP contribution in [0.4, 0.5) is 0 Å². The minimum atomic E-state index is -0.545. The summed E-state index contributed by atoms with van der Waals surface area (Å²) in [5, 5.41) is 1.52. The number of ether oxygens (including phenoxy) is 2. The van der Waals surface area contributed by atoms with E-state index in [0.717, 1.165) is 41.3 Å². The van der Waals surface area contributed by atoms with E-state index in [1.807, 2.05) is 6.07 Å². The number of hydrogen-bond acceptors (Lipinski definition) is 6. The van der Waals surface area contributed by atoms with Crippen LogP contribution in [0.5, 0.6) is 11.5 Å². The van der Waals surface area contributed by atoms with Gasteiger partial charge in [0.25, 0.3) is 11.8 Å². The highest BCUT2D eigenvalue weighted by Crippen LogP contribution is 2.29. The average Bonchev–Trinajstić information content (AvgIpc) is 3.41. The molecule has 0 saturated heterocycles. The SMILES string of the molecule is O=C(COc1ccc2c3c(c(=O)oc2c1)CCC3)NNC(=O)c1ccc(COc2ccc(Cl)cc2)cc1. The first-order valence-corrected chi connectivity index (χ1v) is 12.1. The van der Waals surface area contributed by atoms with Gasteiger partial charge in [0.15, 0.2) is 6.61 Å². The highest BCUT2D eigenvalue weighted by Gasteiger charge is 2.19. The summed E-state index contributed by atoms with van der Waals surface area (Å²) in [4.78, 5) is 36.7. The van der Waals surface area contributed by atoms with E-state index in [1.165, 1.54) is 0 Å². The van der Waals surface area contributed by atoms with Gasteiger partial charge in [-0.25, -0.2) is 4.79 Å². The Morgan fingerprint density at radius 3 is 2.38 bits per heavy atom. The molecule has 2 N–H and O–H groups in total. The molecule has 0 spiro atoms. The lowest BCUT2D eigenvalue weighted by Crippen LogP contribution is -2.43. The van der Waals surface area contributed by atoms with E-state index in [1.54, 1.807) is 60.7 Å². The van der Waals surface area contributed by atoms with Crippen LogP contribution in [0.2, 0.25) is 5.02 Å². The number of carbonyl (C=O) groups is 2. The number of nitrogens with one attached hydrogen (secondary N) is 2. The lowest BCUT2D eigenvalue weighted by Gasteiger charge is -2.10.